The van der Waals surface area contributed by atoms with Crippen LogP contribution in [0.4, 0.5) is 5.69 Å². The highest BCUT2D eigenvalue weighted by molar-refractivity contribution is 5.45. The average Bonchev–Trinajstić information content (AvgIpc) is 2.26. The van der Waals surface area contributed by atoms with Gasteiger partial charge >= 0.3 is 0 Å². The van der Waals surface area contributed by atoms with Crippen molar-refractivity contribution in [2.24, 2.45) is 0 Å². The molecule has 1 heteroatoms. The molecule has 0 atom stereocenters. The Balaban J connectivity index is 2.47. The molecule has 0 unspecified atom stereocenters. The third-order valence-corrected chi connectivity index (χ3v) is 2.40. The Kier molecular flexibility index (Phi) is 4.24. The Morgan fingerprint density at radius 1 is 1.21 bits per heavy atom. The van der Waals surface area contributed by atoms with Crippen LogP contribution in [0.5, 0.6) is 0 Å². The Morgan fingerprint density at radius 3 is 2.36 bits per heavy atom. The van der Waals surface area contributed by atoms with E-state index < -0.39 is 0 Å². The maximum Gasteiger partial charge on any atom is 0.0357 e. The van der Waals surface area contributed by atoms with Crippen molar-refractivity contribution in [3.8, 4) is 0 Å². The maximum atomic E-state index is 3.96. The van der Waals surface area contributed by atoms with Gasteiger partial charge in [-0.1, -0.05) is 38.1 Å². The molecule has 0 amide bonds. The van der Waals surface area contributed by atoms with Crippen LogP contribution in [0.15, 0.2) is 36.4 Å². The van der Waals surface area contributed by atoms with Gasteiger partial charge in [-0.25, -0.2) is 0 Å². The molecule has 0 saturated carbocycles. The summed E-state index contributed by atoms with van der Waals surface area (Å²) in [4.78, 5) is 0. The van der Waals surface area contributed by atoms with Crippen molar-refractivity contribution >= 4 is 5.69 Å². The first-order valence-corrected chi connectivity index (χ1v) is 5.25. The second kappa shape index (κ2) is 5.48. The average molecular weight is 189 g/mol. The molecule has 0 aromatic heterocycles. The first-order valence-electron chi connectivity index (χ1n) is 5.25. The molecule has 0 heterocycles. The van der Waals surface area contributed by atoms with Crippen molar-refractivity contribution in [2.45, 2.75) is 26.7 Å². The third kappa shape index (κ3) is 3.25. The lowest BCUT2D eigenvalue weighted by Gasteiger charge is -2.07. The number of benzene rings is 1. The van der Waals surface area contributed by atoms with Crippen molar-refractivity contribution in [3.05, 3.63) is 42.0 Å². The van der Waals surface area contributed by atoms with E-state index in [2.05, 4.69) is 50.0 Å². The van der Waals surface area contributed by atoms with Gasteiger partial charge in [0, 0.05) is 12.2 Å². The highest BCUT2D eigenvalue weighted by Gasteiger charge is 1.93. The monoisotopic (exact) mass is 189 g/mol. The molecule has 0 aliphatic rings. The summed E-state index contributed by atoms with van der Waals surface area (Å²) in [5, 5.41) is 3.35. The Hall–Kier alpha value is -1.24. The number of hydrogen-bond acceptors (Lipinski definition) is 1. The molecule has 0 spiro atoms. The van der Waals surface area contributed by atoms with Crippen molar-refractivity contribution in [2.75, 3.05) is 11.9 Å². The zero-order valence-electron chi connectivity index (χ0n) is 9.14. The molecule has 1 N–H and O–H groups in total. The summed E-state index contributed by atoms with van der Waals surface area (Å²) in [5.41, 5.74) is 3.80. The van der Waals surface area contributed by atoms with Crippen LogP contribution < -0.4 is 5.32 Å². The summed E-state index contributed by atoms with van der Waals surface area (Å²) in [5.74, 6) is 0. The minimum atomic E-state index is 0.877. The molecule has 1 nitrogen and oxygen atoms in total. The summed E-state index contributed by atoms with van der Waals surface area (Å²) in [6, 6.07) is 8.58. The van der Waals surface area contributed by atoms with E-state index in [1.54, 1.807) is 0 Å². The maximum absolute atomic E-state index is 3.96. The predicted octanol–water partition coefficient (Wildman–Crippen LogP) is 3.63. The van der Waals surface area contributed by atoms with Gasteiger partial charge in [0.25, 0.3) is 0 Å². The molecule has 1 aromatic rings. The molecule has 0 aliphatic heterocycles. The Labute approximate surface area is 86.8 Å². The van der Waals surface area contributed by atoms with Crippen LogP contribution in [0.3, 0.4) is 0 Å². The van der Waals surface area contributed by atoms with Crippen LogP contribution in [0.25, 0.3) is 0 Å². The van der Waals surface area contributed by atoms with Gasteiger partial charge in [0.15, 0.2) is 0 Å². The van der Waals surface area contributed by atoms with Gasteiger partial charge in [-0.3, -0.25) is 0 Å². The second-order valence-corrected chi connectivity index (χ2v) is 3.51. The molecular formula is C13H19N. The minimum Gasteiger partial charge on any atom is -0.381 e. The number of hydrogen-bond donors (Lipinski definition) is 1. The highest BCUT2D eigenvalue weighted by atomic mass is 14.9. The lowest BCUT2D eigenvalue weighted by atomic mass is 10.1. The molecule has 0 aliphatic carbocycles. The van der Waals surface area contributed by atoms with Crippen molar-refractivity contribution in [1.29, 1.82) is 0 Å². The number of anilines is 1. The standard InChI is InChI=1S/C13H19N/c1-4-11(3)10-14-13-8-6-12(5-2)7-9-13/h6-9,14H,3-5,10H2,1-2H3. The van der Waals surface area contributed by atoms with E-state index in [1.165, 1.54) is 16.8 Å². The number of rotatable bonds is 5. The zero-order valence-corrected chi connectivity index (χ0v) is 9.14. The zero-order chi connectivity index (χ0) is 10.4. The third-order valence-electron chi connectivity index (χ3n) is 2.40. The van der Waals surface area contributed by atoms with E-state index in [0.717, 1.165) is 19.4 Å². The van der Waals surface area contributed by atoms with Crippen molar-refractivity contribution < 1.29 is 0 Å². The van der Waals surface area contributed by atoms with Crippen LogP contribution in [-0.4, -0.2) is 6.54 Å². The largest absolute Gasteiger partial charge is 0.381 e. The smallest absolute Gasteiger partial charge is 0.0357 e. The SMILES string of the molecule is C=C(CC)CNc1ccc(CC)cc1. The van der Waals surface area contributed by atoms with E-state index in [4.69, 9.17) is 0 Å². The van der Waals surface area contributed by atoms with Crippen molar-refractivity contribution in [3.63, 3.8) is 0 Å². The lowest BCUT2D eigenvalue weighted by Crippen LogP contribution is -2.03. The minimum absolute atomic E-state index is 0.877. The van der Waals surface area contributed by atoms with Gasteiger partial charge in [0.1, 0.15) is 0 Å². The fourth-order valence-corrected chi connectivity index (χ4v) is 1.21. The summed E-state index contributed by atoms with van der Waals surface area (Å²) in [6.45, 7) is 9.13. The van der Waals surface area contributed by atoms with Crippen molar-refractivity contribution in [1.82, 2.24) is 0 Å². The van der Waals surface area contributed by atoms with E-state index in [9.17, 15) is 0 Å². The van der Waals surface area contributed by atoms with Gasteiger partial charge in [-0.2, -0.15) is 0 Å². The molecule has 14 heavy (non-hydrogen) atoms. The lowest BCUT2D eigenvalue weighted by molar-refractivity contribution is 1.05. The molecule has 0 fully saturated rings. The van der Waals surface area contributed by atoms with Crippen LogP contribution >= 0.6 is 0 Å². The van der Waals surface area contributed by atoms with Gasteiger partial charge in [-0.15, -0.1) is 0 Å². The fourth-order valence-electron chi connectivity index (χ4n) is 1.21. The van der Waals surface area contributed by atoms with Crippen LogP contribution in [0.2, 0.25) is 0 Å². The van der Waals surface area contributed by atoms with Gasteiger partial charge in [-0.05, 0) is 30.5 Å². The predicted molar refractivity (Wildman–Crippen MR) is 63.7 cm³/mol. The molecule has 1 aromatic carbocycles. The molecule has 76 valence electrons. The van der Waals surface area contributed by atoms with Gasteiger partial charge in [0.05, 0.1) is 0 Å². The number of aryl methyl sites for hydroxylation is 1. The Bertz CT molecular complexity index is 285. The quantitative estimate of drug-likeness (QED) is 0.697. The van der Waals surface area contributed by atoms with Crippen LogP contribution in [0.1, 0.15) is 25.8 Å². The van der Waals surface area contributed by atoms with Gasteiger partial charge < -0.3 is 5.32 Å². The number of nitrogens with one attached hydrogen (secondary N) is 1. The Morgan fingerprint density at radius 2 is 1.86 bits per heavy atom. The van der Waals surface area contributed by atoms with E-state index in [-0.39, 0.29) is 0 Å². The summed E-state index contributed by atoms with van der Waals surface area (Å²) in [6.07, 6.45) is 2.14. The van der Waals surface area contributed by atoms with Crippen LogP contribution in [0, 0.1) is 0 Å². The molecule has 0 radical (unpaired) electrons. The van der Waals surface area contributed by atoms with E-state index in [0.29, 0.717) is 0 Å². The highest BCUT2D eigenvalue weighted by Crippen LogP contribution is 2.10. The second-order valence-electron chi connectivity index (χ2n) is 3.51. The summed E-state index contributed by atoms with van der Waals surface area (Å²) >= 11 is 0. The van der Waals surface area contributed by atoms with Crippen LogP contribution in [-0.2, 0) is 6.42 Å². The summed E-state index contributed by atoms with van der Waals surface area (Å²) < 4.78 is 0. The fraction of sp³-hybridized carbons (Fsp3) is 0.385. The normalized spacial score (nSPS) is 9.86. The van der Waals surface area contributed by atoms with Gasteiger partial charge in [0.2, 0.25) is 0 Å². The molecular weight excluding hydrogens is 170 g/mol. The first-order chi connectivity index (χ1) is 6.76. The molecule has 0 saturated heterocycles. The first kappa shape index (κ1) is 10.8. The molecule has 1 rings (SSSR count). The summed E-state index contributed by atoms with van der Waals surface area (Å²) in [7, 11) is 0. The van der Waals surface area contributed by atoms with E-state index >= 15 is 0 Å². The topological polar surface area (TPSA) is 12.0 Å². The molecule has 0 bridgehead atoms. The van der Waals surface area contributed by atoms with E-state index in [1.807, 2.05) is 0 Å².